The minimum Gasteiger partial charge on any atom is -0.337 e. The monoisotopic (exact) mass is 449 g/mol. The van der Waals surface area contributed by atoms with Gasteiger partial charge in [-0.1, -0.05) is 0 Å². The van der Waals surface area contributed by atoms with Gasteiger partial charge in [0.1, 0.15) is 12.2 Å². The molecule has 0 amide bonds. The van der Waals surface area contributed by atoms with E-state index in [0.29, 0.717) is 37.4 Å². The van der Waals surface area contributed by atoms with Crippen LogP contribution in [0.4, 0.5) is 0 Å². The Morgan fingerprint density at radius 3 is 2.44 bits per heavy atom. The first kappa shape index (κ1) is 20.7. The SMILES string of the molecule is Cc1nc(S(=O)(=O)N2CCC(c3ccc4cc(-c5cncnc5)cnc4n3)CC2)cn1C. The number of aryl methyl sites for hydroxylation is 2. The molecule has 5 heterocycles. The number of aromatic nitrogens is 6. The maximum Gasteiger partial charge on any atom is 0.262 e. The van der Waals surface area contributed by atoms with Gasteiger partial charge in [-0.3, -0.25) is 0 Å². The fourth-order valence-electron chi connectivity index (χ4n) is 4.03. The fourth-order valence-corrected chi connectivity index (χ4v) is 5.53. The van der Waals surface area contributed by atoms with E-state index >= 15 is 0 Å². The number of fused-ring (bicyclic) bond motifs is 1. The molecule has 4 aromatic rings. The summed E-state index contributed by atoms with van der Waals surface area (Å²) in [5, 5.41) is 1.06. The molecule has 1 saturated heterocycles. The predicted octanol–water partition coefficient (Wildman–Crippen LogP) is 2.70. The van der Waals surface area contributed by atoms with Crippen LogP contribution in [0, 0.1) is 6.92 Å². The molecule has 9 nitrogen and oxygen atoms in total. The Kier molecular flexibility index (Phi) is 5.18. The number of piperidine rings is 1. The Labute approximate surface area is 186 Å². The Morgan fingerprint density at radius 1 is 1.00 bits per heavy atom. The first-order valence-electron chi connectivity index (χ1n) is 10.4. The van der Waals surface area contributed by atoms with Crippen LogP contribution in [-0.4, -0.2) is 55.3 Å². The third kappa shape index (κ3) is 3.76. The largest absolute Gasteiger partial charge is 0.337 e. The maximum absolute atomic E-state index is 12.9. The molecule has 0 bridgehead atoms. The molecular formula is C22H23N7O2S. The highest BCUT2D eigenvalue weighted by Gasteiger charge is 2.32. The lowest BCUT2D eigenvalue weighted by Crippen LogP contribution is -2.38. The van der Waals surface area contributed by atoms with E-state index in [-0.39, 0.29) is 10.9 Å². The van der Waals surface area contributed by atoms with E-state index in [4.69, 9.17) is 4.98 Å². The lowest BCUT2D eigenvalue weighted by molar-refractivity contribution is 0.316. The number of hydrogen-bond acceptors (Lipinski definition) is 7. The molecule has 164 valence electrons. The molecule has 0 aliphatic carbocycles. The average Bonchev–Trinajstić information content (AvgIpc) is 3.18. The summed E-state index contributed by atoms with van der Waals surface area (Å²) in [5.74, 6) is 0.870. The second-order valence-corrected chi connectivity index (χ2v) is 9.93. The first-order chi connectivity index (χ1) is 15.4. The molecule has 1 fully saturated rings. The van der Waals surface area contributed by atoms with E-state index in [1.165, 1.54) is 10.6 Å². The number of sulfonamides is 1. The Hall–Kier alpha value is -3.24. The molecular weight excluding hydrogens is 426 g/mol. The van der Waals surface area contributed by atoms with E-state index in [9.17, 15) is 8.42 Å². The van der Waals surface area contributed by atoms with Gasteiger partial charge in [0.2, 0.25) is 0 Å². The van der Waals surface area contributed by atoms with Crippen molar-refractivity contribution in [2.24, 2.45) is 7.05 Å². The number of pyridine rings is 2. The van der Waals surface area contributed by atoms with Crippen LogP contribution in [0.5, 0.6) is 0 Å². The summed E-state index contributed by atoms with van der Waals surface area (Å²) >= 11 is 0. The van der Waals surface area contributed by atoms with Crippen LogP contribution in [0.25, 0.3) is 22.2 Å². The zero-order valence-corrected chi connectivity index (χ0v) is 18.7. The average molecular weight is 450 g/mol. The molecule has 1 aliphatic heterocycles. The van der Waals surface area contributed by atoms with E-state index in [0.717, 1.165) is 22.2 Å². The molecule has 0 aromatic carbocycles. The van der Waals surface area contributed by atoms with Crippen LogP contribution in [0.2, 0.25) is 0 Å². The van der Waals surface area contributed by atoms with Gasteiger partial charge >= 0.3 is 0 Å². The van der Waals surface area contributed by atoms with Crippen molar-refractivity contribution in [3.05, 3.63) is 60.8 Å². The van der Waals surface area contributed by atoms with Crippen LogP contribution in [0.15, 0.2) is 54.3 Å². The zero-order valence-electron chi connectivity index (χ0n) is 17.9. The first-order valence-corrected chi connectivity index (χ1v) is 11.9. The van der Waals surface area contributed by atoms with E-state index in [2.05, 4.69) is 19.9 Å². The summed E-state index contributed by atoms with van der Waals surface area (Å²) in [5.41, 5.74) is 3.48. The highest BCUT2D eigenvalue weighted by Crippen LogP contribution is 2.31. The van der Waals surface area contributed by atoms with Gasteiger partial charge in [-0.05, 0) is 38.0 Å². The van der Waals surface area contributed by atoms with Crippen molar-refractivity contribution in [3.8, 4) is 11.1 Å². The summed E-state index contributed by atoms with van der Waals surface area (Å²) in [7, 11) is -1.78. The maximum atomic E-state index is 12.9. The van der Waals surface area contributed by atoms with Gasteiger partial charge in [0, 0.05) is 73.0 Å². The van der Waals surface area contributed by atoms with Crippen LogP contribution in [0.1, 0.15) is 30.3 Å². The highest BCUT2D eigenvalue weighted by molar-refractivity contribution is 7.89. The molecule has 1 aliphatic rings. The Balaban J connectivity index is 1.32. The Morgan fingerprint density at radius 2 is 1.75 bits per heavy atom. The molecule has 5 rings (SSSR count). The zero-order chi connectivity index (χ0) is 22.3. The number of nitrogens with zero attached hydrogens (tertiary/aromatic N) is 7. The summed E-state index contributed by atoms with van der Waals surface area (Å²) < 4.78 is 29.1. The quantitative estimate of drug-likeness (QED) is 0.471. The molecule has 10 heteroatoms. The van der Waals surface area contributed by atoms with Crippen molar-refractivity contribution in [1.82, 2.24) is 33.8 Å². The van der Waals surface area contributed by atoms with E-state index in [1.807, 2.05) is 18.2 Å². The number of rotatable bonds is 4. The van der Waals surface area contributed by atoms with Crippen molar-refractivity contribution >= 4 is 21.1 Å². The van der Waals surface area contributed by atoms with Crippen LogP contribution in [0.3, 0.4) is 0 Å². The molecule has 0 unspecified atom stereocenters. The van der Waals surface area contributed by atoms with Gasteiger partial charge in [-0.25, -0.2) is 33.3 Å². The molecule has 0 saturated carbocycles. The van der Waals surface area contributed by atoms with Gasteiger partial charge in [0.25, 0.3) is 10.0 Å². The fraction of sp³-hybridized carbons (Fsp3) is 0.318. The van der Waals surface area contributed by atoms with Gasteiger partial charge in [-0.2, -0.15) is 4.31 Å². The molecule has 0 atom stereocenters. The molecule has 4 aromatic heterocycles. The van der Waals surface area contributed by atoms with Crippen molar-refractivity contribution in [1.29, 1.82) is 0 Å². The van der Waals surface area contributed by atoms with Gasteiger partial charge in [0.05, 0.1) is 0 Å². The van der Waals surface area contributed by atoms with Crippen molar-refractivity contribution in [2.75, 3.05) is 13.1 Å². The Bertz CT molecular complexity index is 1360. The smallest absolute Gasteiger partial charge is 0.262 e. The highest BCUT2D eigenvalue weighted by atomic mass is 32.2. The summed E-state index contributed by atoms with van der Waals surface area (Å²) in [6, 6.07) is 6.08. The standard InChI is InChI=1S/C22H23N7O2S/c1-15-26-21(13-28(15)2)32(30,31)29-7-5-16(6-8-29)20-4-3-17-9-18(12-25-22(17)27-20)19-10-23-14-24-11-19/h3-4,9-14,16H,5-8H2,1-2H3. The third-order valence-electron chi connectivity index (χ3n) is 6.02. The van der Waals surface area contributed by atoms with Crippen LogP contribution < -0.4 is 0 Å². The van der Waals surface area contributed by atoms with Gasteiger partial charge in [0.15, 0.2) is 10.7 Å². The summed E-state index contributed by atoms with van der Waals surface area (Å²) in [6.45, 7) is 2.69. The van der Waals surface area contributed by atoms with Crippen LogP contribution >= 0.6 is 0 Å². The number of imidazole rings is 1. The lowest BCUT2D eigenvalue weighted by atomic mass is 9.94. The van der Waals surface area contributed by atoms with Crippen molar-refractivity contribution < 1.29 is 8.42 Å². The van der Waals surface area contributed by atoms with Crippen molar-refractivity contribution in [2.45, 2.75) is 30.7 Å². The third-order valence-corrected chi connectivity index (χ3v) is 7.79. The van der Waals surface area contributed by atoms with Gasteiger partial charge in [-0.15, -0.1) is 0 Å². The molecule has 0 N–H and O–H groups in total. The lowest BCUT2D eigenvalue weighted by Gasteiger charge is -2.30. The number of hydrogen-bond donors (Lipinski definition) is 0. The molecule has 32 heavy (non-hydrogen) atoms. The summed E-state index contributed by atoms with van der Waals surface area (Å²) in [4.78, 5) is 21.6. The second kappa shape index (κ2) is 8.03. The van der Waals surface area contributed by atoms with Crippen LogP contribution in [-0.2, 0) is 17.1 Å². The predicted molar refractivity (Wildman–Crippen MR) is 119 cm³/mol. The minimum atomic E-state index is -3.58. The summed E-state index contributed by atoms with van der Waals surface area (Å²) in [6.07, 6.45) is 9.79. The van der Waals surface area contributed by atoms with E-state index in [1.54, 1.807) is 43.3 Å². The minimum absolute atomic E-state index is 0.114. The second-order valence-electron chi connectivity index (χ2n) is 8.05. The van der Waals surface area contributed by atoms with E-state index < -0.39 is 10.0 Å². The molecule has 0 radical (unpaired) electrons. The topological polar surface area (TPSA) is 107 Å². The van der Waals surface area contributed by atoms with Gasteiger partial charge < -0.3 is 4.57 Å². The molecule has 0 spiro atoms. The normalized spacial score (nSPS) is 15.9. The van der Waals surface area contributed by atoms with Crippen molar-refractivity contribution in [3.63, 3.8) is 0 Å².